The second-order valence-electron chi connectivity index (χ2n) is 5.24. The predicted octanol–water partition coefficient (Wildman–Crippen LogP) is 3.65. The average molecular weight is 284 g/mol. The van der Waals surface area contributed by atoms with E-state index in [1.54, 1.807) is 36.5 Å². The minimum atomic E-state index is -0.0814. The Balaban J connectivity index is 1.98. The summed E-state index contributed by atoms with van der Waals surface area (Å²) >= 11 is 0. The van der Waals surface area contributed by atoms with E-state index in [-0.39, 0.29) is 5.91 Å². The van der Waals surface area contributed by atoms with Crippen molar-refractivity contribution in [2.24, 2.45) is 5.92 Å². The number of amides is 1. The Kier molecular flexibility index (Phi) is 5.32. The van der Waals surface area contributed by atoms with Crippen LogP contribution in [0.3, 0.4) is 0 Å². The molecule has 0 spiro atoms. The number of rotatable bonds is 6. The molecule has 110 valence electrons. The Hall–Kier alpha value is -2.36. The number of pyridine rings is 1. The van der Waals surface area contributed by atoms with Gasteiger partial charge < -0.3 is 10.1 Å². The number of nitrogens with zero attached hydrogens (tertiary/aromatic N) is 1. The van der Waals surface area contributed by atoms with Gasteiger partial charge in [0.15, 0.2) is 0 Å². The summed E-state index contributed by atoms with van der Waals surface area (Å²) in [7, 11) is 0. The maximum Gasteiger partial charge on any atom is 0.251 e. The first-order valence-corrected chi connectivity index (χ1v) is 7.12. The van der Waals surface area contributed by atoms with Crippen LogP contribution < -0.4 is 10.1 Å². The molecule has 1 aromatic carbocycles. The zero-order valence-electron chi connectivity index (χ0n) is 12.4. The monoisotopic (exact) mass is 284 g/mol. The maximum absolute atomic E-state index is 12.0. The Morgan fingerprint density at radius 1 is 1.24 bits per heavy atom. The molecular formula is C17H20N2O2. The van der Waals surface area contributed by atoms with Crippen molar-refractivity contribution < 1.29 is 9.53 Å². The van der Waals surface area contributed by atoms with Gasteiger partial charge in [0.1, 0.15) is 5.75 Å². The van der Waals surface area contributed by atoms with E-state index in [0.29, 0.717) is 29.7 Å². The summed E-state index contributed by atoms with van der Waals surface area (Å²) < 4.78 is 5.62. The van der Waals surface area contributed by atoms with Crippen LogP contribution in [0, 0.1) is 5.92 Å². The Bertz CT molecular complexity index is 582. The highest BCUT2D eigenvalue weighted by molar-refractivity contribution is 5.94. The highest BCUT2D eigenvalue weighted by atomic mass is 16.5. The molecule has 0 atom stereocenters. The lowest BCUT2D eigenvalue weighted by Gasteiger charge is -2.09. The van der Waals surface area contributed by atoms with Crippen molar-refractivity contribution in [1.82, 2.24) is 10.3 Å². The van der Waals surface area contributed by atoms with Crippen LogP contribution in [-0.4, -0.2) is 17.4 Å². The van der Waals surface area contributed by atoms with Crippen LogP contribution >= 0.6 is 0 Å². The van der Waals surface area contributed by atoms with Crippen LogP contribution in [0.15, 0.2) is 48.7 Å². The largest absolute Gasteiger partial charge is 0.439 e. The number of nitrogens with one attached hydrogen (secondary N) is 1. The van der Waals surface area contributed by atoms with Gasteiger partial charge in [-0.2, -0.15) is 0 Å². The fraction of sp³-hybridized carbons (Fsp3) is 0.294. The van der Waals surface area contributed by atoms with E-state index >= 15 is 0 Å². The molecule has 0 fully saturated rings. The van der Waals surface area contributed by atoms with E-state index in [1.807, 2.05) is 12.1 Å². The Morgan fingerprint density at radius 3 is 2.81 bits per heavy atom. The van der Waals surface area contributed by atoms with Crippen LogP contribution in [0.5, 0.6) is 11.6 Å². The molecule has 0 aliphatic heterocycles. The predicted molar refractivity (Wildman–Crippen MR) is 82.5 cm³/mol. The van der Waals surface area contributed by atoms with E-state index in [2.05, 4.69) is 24.1 Å². The number of hydrogen-bond acceptors (Lipinski definition) is 3. The molecule has 21 heavy (non-hydrogen) atoms. The van der Waals surface area contributed by atoms with Gasteiger partial charge in [0, 0.05) is 24.4 Å². The average Bonchev–Trinajstić information content (AvgIpc) is 2.48. The summed E-state index contributed by atoms with van der Waals surface area (Å²) in [4.78, 5) is 16.1. The molecule has 0 bridgehead atoms. The summed E-state index contributed by atoms with van der Waals surface area (Å²) in [5, 5.41) is 2.91. The summed E-state index contributed by atoms with van der Waals surface area (Å²) in [6, 6.07) is 12.6. The lowest BCUT2D eigenvalue weighted by Crippen LogP contribution is -2.25. The second kappa shape index (κ2) is 7.43. The smallest absolute Gasteiger partial charge is 0.251 e. The van der Waals surface area contributed by atoms with Crippen LogP contribution in [0.2, 0.25) is 0 Å². The first-order valence-electron chi connectivity index (χ1n) is 7.12. The number of hydrogen-bond donors (Lipinski definition) is 1. The quantitative estimate of drug-likeness (QED) is 0.881. The lowest BCUT2D eigenvalue weighted by molar-refractivity contribution is 0.0951. The Morgan fingerprint density at radius 2 is 2.10 bits per heavy atom. The molecule has 0 aliphatic carbocycles. The van der Waals surface area contributed by atoms with Gasteiger partial charge in [-0.05, 0) is 36.6 Å². The minimum Gasteiger partial charge on any atom is -0.439 e. The summed E-state index contributed by atoms with van der Waals surface area (Å²) in [6.07, 6.45) is 2.63. The van der Waals surface area contributed by atoms with E-state index in [1.165, 1.54) is 0 Å². The molecule has 1 amide bonds. The topological polar surface area (TPSA) is 51.2 Å². The summed E-state index contributed by atoms with van der Waals surface area (Å²) in [5.41, 5.74) is 0.590. The van der Waals surface area contributed by atoms with Gasteiger partial charge >= 0.3 is 0 Å². The van der Waals surface area contributed by atoms with Crippen molar-refractivity contribution in [1.29, 1.82) is 0 Å². The highest BCUT2D eigenvalue weighted by Gasteiger charge is 2.07. The SMILES string of the molecule is CC(C)CCNC(=O)c1cccc(Oc2ccccn2)c1. The van der Waals surface area contributed by atoms with Crippen molar-refractivity contribution in [2.45, 2.75) is 20.3 Å². The van der Waals surface area contributed by atoms with Crippen molar-refractivity contribution in [3.63, 3.8) is 0 Å². The number of carbonyl (C=O) groups is 1. The zero-order valence-corrected chi connectivity index (χ0v) is 12.4. The van der Waals surface area contributed by atoms with Gasteiger partial charge in [-0.1, -0.05) is 26.0 Å². The van der Waals surface area contributed by atoms with Crippen LogP contribution in [-0.2, 0) is 0 Å². The van der Waals surface area contributed by atoms with E-state index < -0.39 is 0 Å². The van der Waals surface area contributed by atoms with E-state index in [9.17, 15) is 4.79 Å². The van der Waals surface area contributed by atoms with Crippen molar-refractivity contribution >= 4 is 5.91 Å². The molecule has 0 saturated carbocycles. The van der Waals surface area contributed by atoms with E-state index in [4.69, 9.17) is 4.74 Å². The fourth-order valence-electron chi connectivity index (χ4n) is 1.81. The maximum atomic E-state index is 12.0. The van der Waals surface area contributed by atoms with E-state index in [0.717, 1.165) is 6.42 Å². The van der Waals surface area contributed by atoms with Gasteiger partial charge in [0.25, 0.3) is 5.91 Å². The van der Waals surface area contributed by atoms with Gasteiger partial charge in [-0.3, -0.25) is 4.79 Å². The van der Waals surface area contributed by atoms with Gasteiger partial charge in [-0.15, -0.1) is 0 Å². The lowest BCUT2D eigenvalue weighted by atomic mass is 10.1. The van der Waals surface area contributed by atoms with Crippen LogP contribution in [0.1, 0.15) is 30.6 Å². The third-order valence-electron chi connectivity index (χ3n) is 2.96. The zero-order chi connectivity index (χ0) is 15.1. The van der Waals surface area contributed by atoms with Crippen LogP contribution in [0.4, 0.5) is 0 Å². The Labute approximate surface area is 125 Å². The van der Waals surface area contributed by atoms with Crippen molar-refractivity contribution in [3.8, 4) is 11.6 Å². The van der Waals surface area contributed by atoms with Gasteiger partial charge in [-0.25, -0.2) is 4.98 Å². The molecule has 0 radical (unpaired) electrons. The first kappa shape index (κ1) is 15.0. The number of aromatic nitrogens is 1. The fourth-order valence-corrected chi connectivity index (χ4v) is 1.81. The molecule has 1 aromatic heterocycles. The molecule has 2 rings (SSSR count). The third kappa shape index (κ3) is 4.91. The second-order valence-corrected chi connectivity index (χ2v) is 5.24. The molecule has 0 unspecified atom stereocenters. The molecule has 2 aromatic rings. The number of benzene rings is 1. The third-order valence-corrected chi connectivity index (χ3v) is 2.96. The van der Waals surface area contributed by atoms with Gasteiger partial charge in [0.2, 0.25) is 5.88 Å². The van der Waals surface area contributed by atoms with Crippen molar-refractivity contribution in [2.75, 3.05) is 6.54 Å². The molecule has 4 heteroatoms. The molecule has 1 N–H and O–H groups in total. The number of carbonyl (C=O) groups excluding carboxylic acids is 1. The molecule has 0 aliphatic rings. The molecular weight excluding hydrogens is 264 g/mol. The highest BCUT2D eigenvalue weighted by Crippen LogP contribution is 2.19. The first-order chi connectivity index (χ1) is 10.1. The van der Waals surface area contributed by atoms with Crippen LogP contribution in [0.25, 0.3) is 0 Å². The normalized spacial score (nSPS) is 10.4. The van der Waals surface area contributed by atoms with Gasteiger partial charge in [0.05, 0.1) is 0 Å². The molecule has 0 saturated heterocycles. The summed E-state index contributed by atoms with van der Waals surface area (Å²) in [6.45, 7) is 4.95. The molecule has 1 heterocycles. The number of ether oxygens (including phenoxy) is 1. The standard InChI is InChI=1S/C17H20N2O2/c1-13(2)9-11-19-17(20)14-6-5-7-15(12-14)21-16-8-3-4-10-18-16/h3-8,10,12-13H,9,11H2,1-2H3,(H,19,20). The molecule has 4 nitrogen and oxygen atoms in total. The minimum absolute atomic E-state index is 0.0814. The summed E-state index contributed by atoms with van der Waals surface area (Å²) in [5.74, 6) is 1.60. The van der Waals surface area contributed by atoms with Crippen molar-refractivity contribution in [3.05, 3.63) is 54.2 Å².